The van der Waals surface area contributed by atoms with Crippen LogP contribution in [0.25, 0.3) is 0 Å². The van der Waals surface area contributed by atoms with Crippen molar-refractivity contribution >= 4 is 40.5 Å². The van der Waals surface area contributed by atoms with E-state index in [9.17, 15) is 14.9 Å². The molecule has 0 aliphatic heterocycles. The largest absolute Gasteiger partial charge is 0.316 e. The summed E-state index contributed by atoms with van der Waals surface area (Å²) in [5.74, 6) is -0.589. The van der Waals surface area contributed by atoms with E-state index in [0.717, 1.165) is 6.07 Å². The predicted molar refractivity (Wildman–Crippen MR) is 75.3 cm³/mol. The van der Waals surface area contributed by atoms with E-state index >= 15 is 0 Å². The molecule has 6 nitrogen and oxygen atoms in total. The normalized spacial score (nSPS) is 10.1. The lowest BCUT2D eigenvalue weighted by atomic mass is 10.2. The van der Waals surface area contributed by atoms with Gasteiger partial charge in [0.15, 0.2) is 0 Å². The number of halogens is 2. The van der Waals surface area contributed by atoms with Crippen LogP contribution in [0.2, 0.25) is 10.2 Å². The second-order valence-electron chi connectivity index (χ2n) is 3.71. The quantitative estimate of drug-likeness (QED) is 0.533. The first-order valence-corrected chi connectivity index (χ1v) is 6.10. The number of hydrogen-bond acceptors (Lipinski definition) is 4. The zero-order valence-electron chi connectivity index (χ0n) is 9.84. The minimum Gasteiger partial charge on any atom is -0.316 e. The van der Waals surface area contributed by atoms with Crippen LogP contribution in [0, 0.1) is 10.1 Å². The minimum atomic E-state index is -0.633. The summed E-state index contributed by atoms with van der Waals surface area (Å²) in [7, 11) is 0. The molecule has 20 heavy (non-hydrogen) atoms. The van der Waals surface area contributed by atoms with Crippen molar-refractivity contribution in [2.45, 2.75) is 0 Å². The maximum absolute atomic E-state index is 12.0. The van der Waals surface area contributed by atoms with E-state index in [1.165, 1.54) is 30.5 Å². The zero-order chi connectivity index (χ0) is 14.7. The van der Waals surface area contributed by atoms with E-state index in [-0.39, 0.29) is 27.1 Å². The molecular weight excluding hydrogens is 305 g/mol. The van der Waals surface area contributed by atoms with Crippen molar-refractivity contribution in [1.29, 1.82) is 0 Å². The molecule has 0 fully saturated rings. The number of anilines is 1. The Kier molecular flexibility index (Phi) is 4.16. The SMILES string of the molecule is O=C(Nc1ccc(Cl)cc1[N+](=O)[O-])c1cccnc1Cl. The molecule has 1 amide bonds. The number of amides is 1. The van der Waals surface area contributed by atoms with Gasteiger partial charge in [-0.3, -0.25) is 14.9 Å². The average molecular weight is 312 g/mol. The van der Waals surface area contributed by atoms with Crippen molar-refractivity contribution in [3.8, 4) is 0 Å². The summed E-state index contributed by atoms with van der Waals surface area (Å²) >= 11 is 11.5. The summed E-state index contributed by atoms with van der Waals surface area (Å²) in [5, 5.41) is 13.5. The van der Waals surface area contributed by atoms with Gasteiger partial charge in [0.1, 0.15) is 10.8 Å². The summed E-state index contributed by atoms with van der Waals surface area (Å²) in [4.78, 5) is 26.1. The van der Waals surface area contributed by atoms with Gasteiger partial charge in [-0.1, -0.05) is 23.2 Å². The summed E-state index contributed by atoms with van der Waals surface area (Å²) in [5.41, 5.74) is -0.145. The standard InChI is InChI=1S/C12H7Cl2N3O3/c13-7-3-4-9(10(6-7)17(19)20)16-12(18)8-2-1-5-15-11(8)14/h1-6H,(H,16,18). The number of benzene rings is 1. The van der Waals surface area contributed by atoms with Crippen LogP contribution < -0.4 is 5.32 Å². The molecular formula is C12H7Cl2N3O3. The average Bonchev–Trinajstić information content (AvgIpc) is 2.41. The van der Waals surface area contributed by atoms with Crippen molar-refractivity contribution in [2.24, 2.45) is 0 Å². The van der Waals surface area contributed by atoms with Gasteiger partial charge < -0.3 is 5.32 Å². The number of nitrogens with one attached hydrogen (secondary N) is 1. The van der Waals surface area contributed by atoms with Crippen LogP contribution in [0.4, 0.5) is 11.4 Å². The number of nitro groups is 1. The van der Waals surface area contributed by atoms with E-state index in [4.69, 9.17) is 23.2 Å². The summed E-state index contributed by atoms with van der Waals surface area (Å²) < 4.78 is 0. The van der Waals surface area contributed by atoms with Crippen LogP contribution in [0.1, 0.15) is 10.4 Å². The Morgan fingerprint density at radius 2 is 2.05 bits per heavy atom. The number of aromatic nitrogens is 1. The second-order valence-corrected chi connectivity index (χ2v) is 4.51. The van der Waals surface area contributed by atoms with Crippen LogP contribution in [-0.4, -0.2) is 15.8 Å². The Morgan fingerprint density at radius 1 is 1.30 bits per heavy atom. The molecule has 0 bridgehead atoms. The monoisotopic (exact) mass is 311 g/mol. The molecule has 0 saturated heterocycles. The summed E-state index contributed by atoms with van der Waals surface area (Å²) in [6.45, 7) is 0. The van der Waals surface area contributed by atoms with Crippen LogP contribution >= 0.6 is 23.2 Å². The number of carbonyl (C=O) groups excluding carboxylic acids is 1. The smallest absolute Gasteiger partial charge is 0.294 e. The Morgan fingerprint density at radius 3 is 2.70 bits per heavy atom. The lowest BCUT2D eigenvalue weighted by molar-refractivity contribution is -0.383. The molecule has 0 atom stereocenters. The maximum atomic E-state index is 12.0. The van der Waals surface area contributed by atoms with Crippen molar-refractivity contribution in [3.05, 3.63) is 62.4 Å². The molecule has 2 aromatic rings. The summed E-state index contributed by atoms with van der Waals surface area (Å²) in [6, 6.07) is 6.95. The minimum absolute atomic E-state index is 0.0154. The number of rotatable bonds is 3. The van der Waals surface area contributed by atoms with Gasteiger partial charge in [0.25, 0.3) is 11.6 Å². The van der Waals surface area contributed by atoms with Crippen molar-refractivity contribution in [1.82, 2.24) is 4.98 Å². The topological polar surface area (TPSA) is 85.1 Å². The molecule has 1 aromatic carbocycles. The third-order valence-electron chi connectivity index (χ3n) is 2.41. The number of pyridine rings is 1. The molecule has 102 valence electrons. The van der Waals surface area contributed by atoms with Gasteiger partial charge in [0, 0.05) is 17.3 Å². The Bertz CT molecular complexity index is 691. The predicted octanol–water partition coefficient (Wildman–Crippen LogP) is 3.55. The molecule has 0 saturated carbocycles. The lowest BCUT2D eigenvalue weighted by Crippen LogP contribution is -2.14. The van der Waals surface area contributed by atoms with Gasteiger partial charge in [-0.05, 0) is 24.3 Å². The zero-order valence-corrected chi connectivity index (χ0v) is 11.4. The molecule has 0 aliphatic rings. The molecule has 8 heteroatoms. The van der Waals surface area contributed by atoms with E-state index in [0.29, 0.717) is 0 Å². The van der Waals surface area contributed by atoms with Gasteiger partial charge in [-0.15, -0.1) is 0 Å². The van der Waals surface area contributed by atoms with Crippen LogP contribution in [-0.2, 0) is 0 Å². The van der Waals surface area contributed by atoms with Crippen molar-refractivity contribution in [3.63, 3.8) is 0 Å². The fourth-order valence-corrected chi connectivity index (χ4v) is 1.88. The third-order valence-corrected chi connectivity index (χ3v) is 2.94. The Labute approximate surface area is 123 Å². The highest BCUT2D eigenvalue weighted by Gasteiger charge is 2.18. The van der Waals surface area contributed by atoms with Crippen LogP contribution in [0.15, 0.2) is 36.5 Å². The van der Waals surface area contributed by atoms with Gasteiger partial charge in [-0.25, -0.2) is 4.98 Å². The second kappa shape index (κ2) is 5.85. The molecule has 1 N–H and O–H groups in total. The van der Waals surface area contributed by atoms with Crippen LogP contribution in [0.3, 0.4) is 0 Å². The molecule has 1 heterocycles. The van der Waals surface area contributed by atoms with Gasteiger partial charge in [0.05, 0.1) is 10.5 Å². The van der Waals surface area contributed by atoms with Gasteiger partial charge in [0.2, 0.25) is 0 Å². The van der Waals surface area contributed by atoms with Gasteiger partial charge >= 0.3 is 0 Å². The fourth-order valence-electron chi connectivity index (χ4n) is 1.51. The van der Waals surface area contributed by atoms with Crippen LogP contribution in [0.5, 0.6) is 0 Å². The first-order valence-electron chi connectivity index (χ1n) is 5.35. The first kappa shape index (κ1) is 14.2. The molecule has 0 radical (unpaired) electrons. The molecule has 0 spiro atoms. The fraction of sp³-hybridized carbons (Fsp3) is 0. The van der Waals surface area contributed by atoms with Crippen molar-refractivity contribution < 1.29 is 9.72 Å². The van der Waals surface area contributed by atoms with E-state index in [2.05, 4.69) is 10.3 Å². The summed E-state index contributed by atoms with van der Waals surface area (Å²) in [6.07, 6.45) is 1.43. The lowest BCUT2D eigenvalue weighted by Gasteiger charge is -2.07. The van der Waals surface area contributed by atoms with Crippen molar-refractivity contribution in [2.75, 3.05) is 5.32 Å². The number of nitro benzene ring substituents is 1. The Hall–Kier alpha value is -2.18. The number of carbonyl (C=O) groups is 1. The molecule has 2 rings (SSSR count). The highest BCUT2D eigenvalue weighted by atomic mass is 35.5. The maximum Gasteiger partial charge on any atom is 0.294 e. The van der Waals surface area contributed by atoms with E-state index < -0.39 is 10.8 Å². The number of hydrogen-bond donors (Lipinski definition) is 1. The van der Waals surface area contributed by atoms with E-state index in [1.807, 2.05) is 0 Å². The molecule has 0 unspecified atom stereocenters. The highest BCUT2D eigenvalue weighted by molar-refractivity contribution is 6.33. The third kappa shape index (κ3) is 3.04. The van der Waals surface area contributed by atoms with Gasteiger partial charge in [-0.2, -0.15) is 0 Å². The first-order chi connectivity index (χ1) is 9.49. The molecule has 0 aliphatic carbocycles. The van der Waals surface area contributed by atoms with E-state index in [1.54, 1.807) is 0 Å². The number of nitrogens with zero attached hydrogens (tertiary/aromatic N) is 2. The Balaban J connectivity index is 2.33. The molecule has 1 aromatic heterocycles. The highest BCUT2D eigenvalue weighted by Crippen LogP contribution is 2.28.